The van der Waals surface area contributed by atoms with Gasteiger partial charge >= 0.3 is 0 Å². The van der Waals surface area contributed by atoms with E-state index in [0.717, 1.165) is 48.7 Å². The molecule has 1 saturated heterocycles. The van der Waals surface area contributed by atoms with E-state index in [4.69, 9.17) is 16.3 Å². The standard InChI is InChI=1S/C16H22ClNO/c17-15-10-14(9-12-5-7-18-8-6-12)3-4-16(15)19-11-13-1-2-13/h3-4,10,12-13,18H,1-2,5-9,11H2. The summed E-state index contributed by atoms with van der Waals surface area (Å²) >= 11 is 6.31. The van der Waals surface area contributed by atoms with Crippen LogP contribution in [0.4, 0.5) is 0 Å². The molecule has 1 saturated carbocycles. The van der Waals surface area contributed by atoms with E-state index in [9.17, 15) is 0 Å². The Labute approximate surface area is 120 Å². The second-order valence-electron chi connectivity index (χ2n) is 5.92. The van der Waals surface area contributed by atoms with Crippen molar-refractivity contribution in [2.24, 2.45) is 11.8 Å². The van der Waals surface area contributed by atoms with Crippen LogP contribution in [0.1, 0.15) is 31.2 Å². The van der Waals surface area contributed by atoms with Crippen molar-refractivity contribution in [2.75, 3.05) is 19.7 Å². The quantitative estimate of drug-likeness (QED) is 0.888. The number of halogens is 1. The normalized spacial score (nSPS) is 20.5. The summed E-state index contributed by atoms with van der Waals surface area (Å²) < 4.78 is 5.76. The number of hydrogen-bond acceptors (Lipinski definition) is 2. The minimum atomic E-state index is 0.769. The number of piperidine rings is 1. The van der Waals surface area contributed by atoms with Crippen LogP contribution in [0.25, 0.3) is 0 Å². The number of rotatable bonds is 5. The predicted molar refractivity (Wildman–Crippen MR) is 79.0 cm³/mol. The van der Waals surface area contributed by atoms with Gasteiger partial charge in [-0.1, -0.05) is 17.7 Å². The lowest BCUT2D eigenvalue weighted by atomic mass is 9.91. The van der Waals surface area contributed by atoms with Gasteiger partial charge in [-0.25, -0.2) is 0 Å². The first kappa shape index (κ1) is 13.3. The molecule has 1 aromatic rings. The largest absolute Gasteiger partial charge is 0.492 e. The predicted octanol–water partition coefficient (Wildman–Crippen LogP) is 3.67. The van der Waals surface area contributed by atoms with Crippen LogP contribution in [0, 0.1) is 11.8 Å². The summed E-state index contributed by atoms with van der Waals surface area (Å²) in [6.45, 7) is 3.13. The van der Waals surface area contributed by atoms with E-state index in [1.54, 1.807) is 0 Å². The molecule has 1 aliphatic carbocycles. The lowest BCUT2D eigenvalue weighted by Crippen LogP contribution is -2.28. The summed E-state index contributed by atoms with van der Waals surface area (Å²) in [5.41, 5.74) is 1.34. The Morgan fingerprint density at radius 2 is 1.89 bits per heavy atom. The third-order valence-corrected chi connectivity index (χ3v) is 4.45. The summed E-state index contributed by atoms with van der Waals surface area (Å²) in [5, 5.41) is 4.18. The van der Waals surface area contributed by atoms with Gasteiger partial charge in [0.15, 0.2) is 0 Å². The molecule has 2 aliphatic rings. The van der Waals surface area contributed by atoms with Crippen LogP contribution in [-0.2, 0) is 6.42 Å². The molecule has 104 valence electrons. The molecular formula is C16H22ClNO. The topological polar surface area (TPSA) is 21.3 Å². The van der Waals surface area contributed by atoms with Crippen LogP contribution >= 0.6 is 11.6 Å². The average molecular weight is 280 g/mol. The molecule has 0 bridgehead atoms. The molecule has 0 spiro atoms. The van der Waals surface area contributed by atoms with Crippen molar-refractivity contribution in [3.8, 4) is 5.75 Å². The Kier molecular flexibility index (Phi) is 4.29. The van der Waals surface area contributed by atoms with Crippen LogP contribution < -0.4 is 10.1 Å². The summed E-state index contributed by atoms with van der Waals surface area (Å²) in [7, 11) is 0. The van der Waals surface area contributed by atoms with Gasteiger partial charge in [0.2, 0.25) is 0 Å². The smallest absolute Gasteiger partial charge is 0.137 e. The molecule has 3 heteroatoms. The van der Waals surface area contributed by atoms with Crippen LogP contribution in [0.2, 0.25) is 5.02 Å². The van der Waals surface area contributed by atoms with Gasteiger partial charge in [0.1, 0.15) is 5.75 Å². The molecule has 0 radical (unpaired) electrons. The average Bonchev–Trinajstić information content (AvgIpc) is 3.23. The lowest BCUT2D eigenvalue weighted by Gasteiger charge is -2.22. The number of ether oxygens (including phenoxy) is 1. The van der Waals surface area contributed by atoms with E-state index in [-0.39, 0.29) is 0 Å². The first-order chi connectivity index (χ1) is 9.31. The Morgan fingerprint density at radius 1 is 1.11 bits per heavy atom. The molecule has 1 N–H and O–H groups in total. The van der Waals surface area contributed by atoms with Crippen molar-refractivity contribution in [3.63, 3.8) is 0 Å². The van der Waals surface area contributed by atoms with Crippen molar-refractivity contribution < 1.29 is 4.74 Å². The third kappa shape index (κ3) is 3.87. The van der Waals surface area contributed by atoms with Gasteiger partial charge in [-0.3, -0.25) is 0 Å². The second kappa shape index (κ2) is 6.15. The highest BCUT2D eigenvalue weighted by molar-refractivity contribution is 6.32. The molecule has 1 aliphatic heterocycles. The zero-order valence-corrected chi connectivity index (χ0v) is 12.1. The Balaban J connectivity index is 1.57. The van der Waals surface area contributed by atoms with Gasteiger partial charge < -0.3 is 10.1 Å². The summed E-state index contributed by atoms with van der Waals surface area (Å²) in [6.07, 6.45) is 6.32. The fraction of sp³-hybridized carbons (Fsp3) is 0.625. The SMILES string of the molecule is Clc1cc(CC2CCNCC2)ccc1OCC1CC1. The van der Waals surface area contributed by atoms with E-state index >= 15 is 0 Å². The van der Waals surface area contributed by atoms with Crippen molar-refractivity contribution in [1.29, 1.82) is 0 Å². The maximum Gasteiger partial charge on any atom is 0.137 e. The van der Waals surface area contributed by atoms with Gasteiger partial charge in [0.05, 0.1) is 11.6 Å². The molecule has 19 heavy (non-hydrogen) atoms. The zero-order chi connectivity index (χ0) is 13.1. The molecule has 0 unspecified atom stereocenters. The molecule has 0 aromatic heterocycles. The Bertz CT molecular complexity index is 425. The number of hydrogen-bond donors (Lipinski definition) is 1. The summed E-state index contributed by atoms with van der Waals surface area (Å²) in [4.78, 5) is 0. The third-order valence-electron chi connectivity index (χ3n) is 4.15. The maximum atomic E-state index is 6.31. The summed E-state index contributed by atoms with van der Waals surface area (Å²) in [5.74, 6) is 2.42. The number of nitrogens with one attached hydrogen (secondary N) is 1. The van der Waals surface area contributed by atoms with Gasteiger partial charge in [-0.05, 0) is 74.7 Å². The summed E-state index contributed by atoms with van der Waals surface area (Å²) in [6, 6.07) is 6.31. The first-order valence-corrected chi connectivity index (χ1v) is 7.81. The zero-order valence-electron chi connectivity index (χ0n) is 11.3. The van der Waals surface area contributed by atoms with E-state index < -0.39 is 0 Å². The van der Waals surface area contributed by atoms with Crippen LogP contribution in [0.5, 0.6) is 5.75 Å². The van der Waals surface area contributed by atoms with Crippen molar-refractivity contribution >= 4 is 11.6 Å². The van der Waals surface area contributed by atoms with Gasteiger partial charge in [-0.2, -0.15) is 0 Å². The molecule has 3 rings (SSSR count). The van der Waals surface area contributed by atoms with Gasteiger partial charge in [0, 0.05) is 0 Å². The lowest BCUT2D eigenvalue weighted by molar-refractivity contribution is 0.300. The fourth-order valence-electron chi connectivity index (χ4n) is 2.70. The Hall–Kier alpha value is -0.730. The van der Waals surface area contributed by atoms with Crippen LogP contribution in [0.3, 0.4) is 0 Å². The first-order valence-electron chi connectivity index (χ1n) is 7.43. The minimum Gasteiger partial charge on any atom is -0.492 e. The van der Waals surface area contributed by atoms with Crippen molar-refractivity contribution in [3.05, 3.63) is 28.8 Å². The molecule has 1 aromatic carbocycles. The highest BCUT2D eigenvalue weighted by Gasteiger charge is 2.22. The molecular weight excluding hydrogens is 258 g/mol. The molecule has 0 atom stereocenters. The second-order valence-corrected chi connectivity index (χ2v) is 6.32. The van der Waals surface area contributed by atoms with E-state index in [1.807, 2.05) is 6.07 Å². The molecule has 2 nitrogen and oxygen atoms in total. The highest BCUT2D eigenvalue weighted by Crippen LogP contribution is 2.32. The van der Waals surface area contributed by atoms with Gasteiger partial charge in [-0.15, -0.1) is 0 Å². The number of benzene rings is 1. The van der Waals surface area contributed by atoms with Crippen LogP contribution in [-0.4, -0.2) is 19.7 Å². The molecule has 0 amide bonds. The van der Waals surface area contributed by atoms with Crippen molar-refractivity contribution in [2.45, 2.75) is 32.1 Å². The molecule has 1 heterocycles. The highest BCUT2D eigenvalue weighted by atomic mass is 35.5. The van der Waals surface area contributed by atoms with E-state index in [2.05, 4.69) is 17.4 Å². The van der Waals surface area contributed by atoms with Gasteiger partial charge in [0.25, 0.3) is 0 Å². The van der Waals surface area contributed by atoms with E-state index in [0.29, 0.717) is 0 Å². The molecule has 2 fully saturated rings. The van der Waals surface area contributed by atoms with Crippen LogP contribution in [0.15, 0.2) is 18.2 Å². The minimum absolute atomic E-state index is 0.769. The van der Waals surface area contributed by atoms with Crippen molar-refractivity contribution in [1.82, 2.24) is 5.32 Å². The fourth-order valence-corrected chi connectivity index (χ4v) is 2.96. The monoisotopic (exact) mass is 279 g/mol. The Morgan fingerprint density at radius 3 is 2.58 bits per heavy atom. The van der Waals surface area contributed by atoms with E-state index in [1.165, 1.54) is 31.2 Å². The maximum absolute atomic E-state index is 6.31.